The van der Waals surface area contributed by atoms with E-state index in [1.807, 2.05) is 24.3 Å². The normalized spacial score (nSPS) is 14.3. The lowest BCUT2D eigenvalue weighted by atomic mass is 10.1. The zero-order valence-electron chi connectivity index (χ0n) is 15.9. The molecule has 1 aromatic carbocycles. The highest BCUT2D eigenvalue weighted by Gasteiger charge is 2.16. The number of anilines is 1. The Bertz CT molecular complexity index is 1150. The summed E-state index contributed by atoms with van der Waals surface area (Å²) >= 11 is 0. The van der Waals surface area contributed by atoms with Gasteiger partial charge in [-0.15, -0.1) is 0 Å². The van der Waals surface area contributed by atoms with Gasteiger partial charge in [-0.25, -0.2) is 15.0 Å². The van der Waals surface area contributed by atoms with Gasteiger partial charge in [0.05, 0.1) is 49.6 Å². The van der Waals surface area contributed by atoms with Crippen molar-refractivity contribution in [3.63, 3.8) is 0 Å². The van der Waals surface area contributed by atoms with Crippen molar-refractivity contribution in [3.05, 3.63) is 43.0 Å². The van der Waals surface area contributed by atoms with Crippen molar-refractivity contribution in [3.8, 4) is 28.5 Å². The number of hydrogen-bond acceptors (Lipinski definition) is 8. The topological polar surface area (TPSA) is 102 Å². The Kier molecular flexibility index (Phi) is 4.49. The van der Waals surface area contributed by atoms with E-state index in [2.05, 4.69) is 35.0 Å². The summed E-state index contributed by atoms with van der Waals surface area (Å²) in [5, 5.41) is 8.54. The fourth-order valence-electron chi connectivity index (χ4n) is 3.40. The third-order valence-electron chi connectivity index (χ3n) is 4.91. The predicted octanol–water partition coefficient (Wildman–Crippen LogP) is 2.32. The number of aromatic nitrogens is 6. The zero-order chi connectivity index (χ0) is 19.6. The van der Waals surface area contributed by atoms with Gasteiger partial charge in [-0.3, -0.25) is 10.1 Å². The maximum absolute atomic E-state index is 5.43. The summed E-state index contributed by atoms with van der Waals surface area (Å²) in [6.07, 6.45) is 4.88. The lowest BCUT2D eigenvalue weighted by Crippen LogP contribution is -2.36. The second-order valence-corrected chi connectivity index (χ2v) is 6.64. The molecule has 9 heteroatoms. The van der Waals surface area contributed by atoms with Gasteiger partial charge in [-0.1, -0.05) is 6.07 Å². The summed E-state index contributed by atoms with van der Waals surface area (Å²) in [7, 11) is 1.58. The molecule has 3 aromatic heterocycles. The Morgan fingerprint density at radius 3 is 2.83 bits per heavy atom. The molecule has 9 nitrogen and oxygen atoms in total. The second kappa shape index (κ2) is 7.44. The molecule has 146 valence electrons. The van der Waals surface area contributed by atoms with E-state index < -0.39 is 0 Å². The molecule has 0 amide bonds. The van der Waals surface area contributed by atoms with Gasteiger partial charge in [0.2, 0.25) is 5.88 Å². The van der Waals surface area contributed by atoms with Crippen LogP contribution in [0.2, 0.25) is 0 Å². The number of methoxy groups -OCH3 is 1. The molecule has 0 atom stereocenters. The Balaban J connectivity index is 1.55. The molecule has 0 unspecified atom stereocenters. The minimum absolute atomic E-state index is 0.473. The minimum atomic E-state index is 0.473. The van der Waals surface area contributed by atoms with Crippen molar-refractivity contribution in [2.45, 2.75) is 0 Å². The fourth-order valence-corrected chi connectivity index (χ4v) is 3.40. The van der Waals surface area contributed by atoms with Crippen LogP contribution in [0, 0.1) is 0 Å². The molecule has 1 saturated heterocycles. The van der Waals surface area contributed by atoms with E-state index in [1.165, 1.54) is 0 Å². The standard InChI is InChI=1S/C20H19N7O2/c1-28-19-11-21-10-17(24-19)13-2-3-15-14(8-13)20(26-25-15)16-9-18(23-12-22-16)27-4-6-29-7-5-27/h2-3,8-12H,4-7H2,1H3,(H,25,26). The monoisotopic (exact) mass is 389 g/mol. The van der Waals surface area contributed by atoms with E-state index >= 15 is 0 Å². The third kappa shape index (κ3) is 3.36. The number of fused-ring (bicyclic) bond motifs is 1. The van der Waals surface area contributed by atoms with E-state index in [4.69, 9.17) is 9.47 Å². The Hall–Kier alpha value is -3.59. The highest BCUT2D eigenvalue weighted by molar-refractivity contribution is 5.94. The van der Waals surface area contributed by atoms with E-state index in [-0.39, 0.29) is 0 Å². The van der Waals surface area contributed by atoms with Crippen LogP contribution < -0.4 is 9.64 Å². The number of ether oxygens (including phenoxy) is 2. The largest absolute Gasteiger partial charge is 0.480 e. The summed E-state index contributed by atoms with van der Waals surface area (Å²) in [6.45, 7) is 3.04. The third-order valence-corrected chi connectivity index (χ3v) is 4.91. The molecule has 0 bridgehead atoms. The first-order chi connectivity index (χ1) is 14.3. The number of hydrogen-bond donors (Lipinski definition) is 1. The second-order valence-electron chi connectivity index (χ2n) is 6.64. The molecular weight excluding hydrogens is 370 g/mol. The van der Waals surface area contributed by atoms with Crippen molar-refractivity contribution in [1.82, 2.24) is 30.1 Å². The molecule has 0 aliphatic carbocycles. The molecule has 0 radical (unpaired) electrons. The lowest BCUT2D eigenvalue weighted by molar-refractivity contribution is 0.122. The molecule has 1 N–H and O–H groups in total. The van der Waals surface area contributed by atoms with Crippen LogP contribution in [0.1, 0.15) is 0 Å². The number of morpholine rings is 1. The van der Waals surface area contributed by atoms with Crippen LogP contribution in [0.15, 0.2) is 43.0 Å². The quantitative estimate of drug-likeness (QED) is 0.567. The number of rotatable bonds is 4. The summed E-state index contributed by atoms with van der Waals surface area (Å²) in [5.74, 6) is 1.35. The molecule has 1 aliphatic rings. The van der Waals surface area contributed by atoms with Gasteiger partial charge in [-0.2, -0.15) is 5.10 Å². The first-order valence-electron chi connectivity index (χ1n) is 9.31. The summed E-state index contributed by atoms with van der Waals surface area (Å²) < 4.78 is 10.6. The van der Waals surface area contributed by atoms with Gasteiger partial charge >= 0.3 is 0 Å². The van der Waals surface area contributed by atoms with Crippen LogP contribution >= 0.6 is 0 Å². The van der Waals surface area contributed by atoms with Gasteiger partial charge < -0.3 is 14.4 Å². The molecule has 4 aromatic rings. The number of benzene rings is 1. The summed E-state index contributed by atoms with van der Waals surface area (Å²) in [5.41, 5.74) is 4.12. The Morgan fingerprint density at radius 2 is 1.97 bits per heavy atom. The highest BCUT2D eigenvalue weighted by atomic mass is 16.5. The van der Waals surface area contributed by atoms with E-state index in [1.54, 1.807) is 25.8 Å². The van der Waals surface area contributed by atoms with Crippen LogP contribution in [-0.2, 0) is 4.74 Å². The fraction of sp³-hybridized carbons (Fsp3) is 0.250. The molecule has 0 spiro atoms. The molecule has 1 fully saturated rings. The van der Waals surface area contributed by atoms with E-state index in [9.17, 15) is 0 Å². The maximum atomic E-state index is 5.43. The lowest BCUT2D eigenvalue weighted by Gasteiger charge is -2.27. The SMILES string of the molecule is COc1cncc(-c2ccc3[nH]nc(-c4cc(N5CCOCC5)ncn4)c3c2)n1. The first-order valence-corrected chi connectivity index (χ1v) is 9.31. The van der Waals surface area contributed by atoms with Gasteiger partial charge in [0.25, 0.3) is 0 Å². The van der Waals surface area contributed by atoms with Crippen LogP contribution in [0.5, 0.6) is 5.88 Å². The van der Waals surface area contributed by atoms with Crippen molar-refractivity contribution in [2.75, 3.05) is 38.3 Å². The number of nitrogens with zero attached hydrogens (tertiary/aromatic N) is 6. The van der Waals surface area contributed by atoms with E-state index in [0.29, 0.717) is 19.1 Å². The predicted molar refractivity (Wildman–Crippen MR) is 108 cm³/mol. The zero-order valence-corrected chi connectivity index (χ0v) is 15.9. The van der Waals surface area contributed by atoms with Crippen molar-refractivity contribution >= 4 is 16.7 Å². The van der Waals surface area contributed by atoms with Crippen LogP contribution in [0.3, 0.4) is 0 Å². The van der Waals surface area contributed by atoms with Crippen LogP contribution in [0.4, 0.5) is 5.82 Å². The molecular formula is C20H19N7O2. The van der Waals surface area contributed by atoms with Crippen molar-refractivity contribution in [1.29, 1.82) is 0 Å². The number of nitrogens with one attached hydrogen (secondary N) is 1. The van der Waals surface area contributed by atoms with Crippen molar-refractivity contribution < 1.29 is 9.47 Å². The maximum Gasteiger partial charge on any atom is 0.232 e. The summed E-state index contributed by atoms with van der Waals surface area (Å²) in [6, 6.07) is 7.96. The van der Waals surface area contributed by atoms with Crippen LogP contribution in [-0.4, -0.2) is 63.5 Å². The Morgan fingerprint density at radius 1 is 1.07 bits per heavy atom. The Labute approximate surface area is 166 Å². The average molecular weight is 389 g/mol. The van der Waals surface area contributed by atoms with Crippen LogP contribution in [0.25, 0.3) is 33.5 Å². The summed E-state index contributed by atoms with van der Waals surface area (Å²) in [4.78, 5) is 19.7. The average Bonchev–Trinajstić information content (AvgIpc) is 3.23. The van der Waals surface area contributed by atoms with Gasteiger partial charge in [0.1, 0.15) is 17.8 Å². The molecule has 1 aliphatic heterocycles. The number of aromatic amines is 1. The van der Waals surface area contributed by atoms with Crippen molar-refractivity contribution in [2.24, 2.45) is 0 Å². The molecule has 0 saturated carbocycles. The number of H-pyrrole nitrogens is 1. The molecule has 5 rings (SSSR count). The minimum Gasteiger partial charge on any atom is -0.480 e. The smallest absolute Gasteiger partial charge is 0.232 e. The van der Waals surface area contributed by atoms with Gasteiger partial charge in [-0.05, 0) is 12.1 Å². The van der Waals surface area contributed by atoms with E-state index in [0.717, 1.165) is 52.5 Å². The first kappa shape index (κ1) is 17.5. The van der Waals surface area contributed by atoms with Gasteiger partial charge in [0.15, 0.2) is 0 Å². The molecule has 29 heavy (non-hydrogen) atoms. The van der Waals surface area contributed by atoms with Gasteiger partial charge in [0, 0.05) is 30.1 Å². The highest BCUT2D eigenvalue weighted by Crippen LogP contribution is 2.30. The molecule has 4 heterocycles.